The average molecular weight is 600 g/mol. The molecule has 1 unspecified atom stereocenters. The number of carboxylic acid groups (broad SMARTS) is 1. The van der Waals surface area contributed by atoms with Gasteiger partial charge in [0.15, 0.2) is 5.54 Å². The summed E-state index contributed by atoms with van der Waals surface area (Å²) in [6.07, 6.45) is -4.71. The minimum absolute atomic E-state index is 0.0289. The first-order valence-electron chi connectivity index (χ1n) is 13.2. The van der Waals surface area contributed by atoms with Crippen LogP contribution in [-0.4, -0.2) is 66.2 Å². The summed E-state index contributed by atoms with van der Waals surface area (Å²) in [5.41, 5.74) is 12.9. The molecule has 4 amide bonds. The molecule has 3 aromatic rings. The Kier molecular flexibility index (Phi) is 10.6. The highest BCUT2D eigenvalue weighted by molar-refractivity contribution is 6.09. The van der Waals surface area contributed by atoms with E-state index >= 15 is 0 Å². The highest BCUT2D eigenvalue weighted by Crippen LogP contribution is 2.36. The lowest BCUT2D eigenvalue weighted by atomic mass is 9.82. The van der Waals surface area contributed by atoms with E-state index in [0.29, 0.717) is 23.2 Å². The van der Waals surface area contributed by atoms with Crippen molar-refractivity contribution < 1.29 is 37.5 Å². The second-order valence-electron chi connectivity index (χ2n) is 9.73. The number of hydrogen-bond donors (Lipinski definition) is 4. The van der Waals surface area contributed by atoms with Crippen molar-refractivity contribution in [1.29, 1.82) is 0 Å². The first kappa shape index (κ1) is 32.8. The van der Waals surface area contributed by atoms with Gasteiger partial charge in [-0.3, -0.25) is 14.5 Å². The Morgan fingerprint density at radius 1 is 0.930 bits per heavy atom. The van der Waals surface area contributed by atoms with Crippen LogP contribution in [-0.2, 0) is 19.9 Å². The van der Waals surface area contributed by atoms with Crippen LogP contribution < -0.4 is 21.7 Å². The van der Waals surface area contributed by atoms with Gasteiger partial charge in [0.25, 0.3) is 5.91 Å². The molecule has 1 heterocycles. The molecule has 2 atom stereocenters. The van der Waals surface area contributed by atoms with Gasteiger partial charge in [0.2, 0.25) is 5.91 Å². The third-order valence-corrected chi connectivity index (χ3v) is 6.98. The Hall–Kier alpha value is -4.75. The number of benzene rings is 3. The van der Waals surface area contributed by atoms with Crippen LogP contribution in [0.2, 0.25) is 0 Å². The second kappa shape index (κ2) is 13.9. The number of halogens is 3. The number of nitrogens with zero attached hydrogens (tertiary/aromatic N) is 2. The van der Waals surface area contributed by atoms with Crippen molar-refractivity contribution in [3.05, 3.63) is 102 Å². The molecule has 0 aromatic heterocycles. The third-order valence-electron chi connectivity index (χ3n) is 6.98. The summed E-state index contributed by atoms with van der Waals surface area (Å²) in [6, 6.07) is 25.9. The summed E-state index contributed by atoms with van der Waals surface area (Å²) in [5.74, 6) is -4.01. The molecule has 1 saturated heterocycles. The molecule has 228 valence electrons. The Labute approximate surface area is 246 Å². The van der Waals surface area contributed by atoms with Crippen LogP contribution in [0.3, 0.4) is 0 Å². The Balaban J connectivity index is 0.000000646. The number of amides is 4. The summed E-state index contributed by atoms with van der Waals surface area (Å²) >= 11 is 0. The first-order valence-corrected chi connectivity index (χ1v) is 13.2. The molecule has 0 aliphatic carbocycles. The Morgan fingerprint density at radius 3 is 1.79 bits per heavy atom. The van der Waals surface area contributed by atoms with Crippen LogP contribution in [0.15, 0.2) is 91.0 Å². The van der Waals surface area contributed by atoms with E-state index in [2.05, 4.69) is 5.32 Å². The minimum atomic E-state index is -5.08. The van der Waals surface area contributed by atoms with Gasteiger partial charge >= 0.3 is 18.2 Å². The predicted octanol–water partition coefficient (Wildman–Crippen LogP) is 3.07. The quantitative estimate of drug-likeness (QED) is 0.275. The first-order chi connectivity index (χ1) is 20.3. The van der Waals surface area contributed by atoms with E-state index in [9.17, 15) is 27.6 Å². The summed E-state index contributed by atoms with van der Waals surface area (Å²) in [4.78, 5) is 52.0. The molecule has 0 saturated carbocycles. The molecule has 0 radical (unpaired) electrons. The van der Waals surface area contributed by atoms with E-state index in [4.69, 9.17) is 21.4 Å². The smallest absolute Gasteiger partial charge is 0.475 e. The molecule has 1 fully saturated rings. The van der Waals surface area contributed by atoms with Crippen LogP contribution in [0.5, 0.6) is 0 Å². The zero-order chi connectivity index (χ0) is 31.8. The van der Waals surface area contributed by atoms with Crippen LogP contribution in [0.4, 0.5) is 23.7 Å². The standard InChI is InChI=1S/C28H31N5O3.C2HF3O2/c1-32(23-15-9-4-10-16-23)25(34)24(30)20(17-18-29)19-33-26(35)28(31-27(33)36,21-11-5-2-6-12-21)22-13-7-3-8-14-22;3-2(4,5)1(6)7/h2-16,20,24H,17-19,29-30H2,1H3,(H,31,36);(H,6,7)/t20?,24-;/m0./s1. The number of nitrogens with two attached hydrogens (primary N) is 2. The molecule has 4 rings (SSSR count). The molecule has 6 N–H and O–H groups in total. The van der Waals surface area contributed by atoms with Gasteiger partial charge in [-0.25, -0.2) is 9.59 Å². The van der Waals surface area contributed by atoms with Gasteiger partial charge in [-0.2, -0.15) is 13.2 Å². The second-order valence-corrected chi connectivity index (χ2v) is 9.73. The molecular formula is C30H32F3N5O5. The summed E-state index contributed by atoms with van der Waals surface area (Å²) in [6.45, 7) is 0.228. The maximum atomic E-state index is 14.0. The maximum absolute atomic E-state index is 14.0. The van der Waals surface area contributed by atoms with E-state index in [1.807, 2.05) is 91.0 Å². The van der Waals surface area contributed by atoms with Crippen molar-refractivity contribution in [2.24, 2.45) is 17.4 Å². The number of rotatable bonds is 9. The maximum Gasteiger partial charge on any atom is 0.490 e. The van der Waals surface area contributed by atoms with Crippen molar-refractivity contribution in [3.63, 3.8) is 0 Å². The number of para-hydroxylation sites is 1. The van der Waals surface area contributed by atoms with Crippen molar-refractivity contribution in [1.82, 2.24) is 10.2 Å². The largest absolute Gasteiger partial charge is 0.490 e. The van der Waals surface area contributed by atoms with Crippen molar-refractivity contribution in [2.75, 3.05) is 25.0 Å². The van der Waals surface area contributed by atoms with Crippen molar-refractivity contribution >= 4 is 29.5 Å². The predicted molar refractivity (Wildman–Crippen MR) is 153 cm³/mol. The number of imide groups is 1. The van der Waals surface area contributed by atoms with E-state index in [-0.39, 0.29) is 19.0 Å². The van der Waals surface area contributed by atoms with Crippen LogP contribution in [0, 0.1) is 5.92 Å². The number of likely N-dealkylation sites (N-methyl/N-ethyl adjacent to an activating group) is 1. The number of urea groups is 1. The van der Waals surface area contributed by atoms with Gasteiger partial charge in [-0.15, -0.1) is 0 Å². The Morgan fingerprint density at radius 2 is 1.37 bits per heavy atom. The van der Waals surface area contributed by atoms with Crippen LogP contribution in [0.25, 0.3) is 0 Å². The van der Waals surface area contributed by atoms with Gasteiger partial charge < -0.3 is 26.8 Å². The number of anilines is 1. The topological polar surface area (TPSA) is 159 Å². The number of hydrogen-bond acceptors (Lipinski definition) is 6. The lowest BCUT2D eigenvalue weighted by Gasteiger charge is -2.31. The fraction of sp³-hybridized carbons (Fsp3) is 0.267. The summed E-state index contributed by atoms with van der Waals surface area (Å²) in [5, 5.41) is 10.1. The third kappa shape index (κ3) is 7.37. The van der Waals surface area contributed by atoms with E-state index in [0.717, 1.165) is 4.90 Å². The highest BCUT2D eigenvalue weighted by atomic mass is 19.4. The zero-order valence-electron chi connectivity index (χ0n) is 23.2. The van der Waals surface area contributed by atoms with Gasteiger partial charge in [0.1, 0.15) is 0 Å². The van der Waals surface area contributed by atoms with Gasteiger partial charge in [0.05, 0.1) is 6.04 Å². The van der Waals surface area contributed by atoms with E-state index in [1.54, 1.807) is 7.05 Å². The van der Waals surface area contributed by atoms with Gasteiger partial charge in [0, 0.05) is 25.2 Å². The number of alkyl halides is 3. The average Bonchev–Trinajstić information content (AvgIpc) is 3.26. The molecule has 13 heteroatoms. The lowest BCUT2D eigenvalue weighted by Crippen LogP contribution is -2.51. The van der Waals surface area contributed by atoms with Gasteiger partial charge in [-0.1, -0.05) is 78.9 Å². The van der Waals surface area contributed by atoms with Crippen molar-refractivity contribution in [3.8, 4) is 0 Å². The molecule has 1 aliphatic rings. The highest BCUT2D eigenvalue weighted by Gasteiger charge is 2.54. The Bertz CT molecular complexity index is 1370. The fourth-order valence-corrected chi connectivity index (χ4v) is 4.71. The monoisotopic (exact) mass is 599 g/mol. The fourth-order valence-electron chi connectivity index (χ4n) is 4.71. The number of carbonyl (C=O) groups is 4. The lowest BCUT2D eigenvalue weighted by molar-refractivity contribution is -0.192. The summed E-state index contributed by atoms with van der Waals surface area (Å²) < 4.78 is 31.7. The molecule has 1 aliphatic heterocycles. The van der Waals surface area contributed by atoms with Crippen molar-refractivity contribution in [2.45, 2.75) is 24.2 Å². The van der Waals surface area contributed by atoms with E-state index in [1.165, 1.54) is 4.90 Å². The number of carboxylic acids is 1. The molecule has 10 nitrogen and oxygen atoms in total. The molecular weight excluding hydrogens is 567 g/mol. The van der Waals surface area contributed by atoms with Crippen LogP contribution in [0.1, 0.15) is 17.5 Å². The normalized spacial score (nSPS) is 15.5. The number of carbonyl (C=O) groups excluding carboxylic acids is 3. The molecule has 0 spiro atoms. The zero-order valence-corrected chi connectivity index (χ0v) is 23.2. The number of nitrogens with one attached hydrogen (secondary N) is 1. The minimum Gasteiger partial charge on any atom is -0.475 e. The van der Waals surface area contributed by atoms with E-state index < -0.39 is 41.6 Å². The van der Waals surface area contributed by atoms with Crippen LogP contribution >= 0.6 is 0 Å². The summed E-state index contributed by atoms with van der Waals surface area (Å²) in [7, 11) is 1.65. The number of aliphatic carboxylic acids is 1. The molecule has 0 bridgehead atoms. The SMILES string of the molecule is CN(C(=O)[C@@H](N)C(CCN)CN1C(=O)NC(c2ccccc2)(c2ccccc2)C1=O)c1ccccc1.O=C(O)C(F)(F)F. The molecule has 3 aromatic carbocycles. The molecule has 43 heavy (non-hydrogen) atoms. The van der Waals surface area contributed by atoms with Gasteiger partial charge in [-0.05, 0) is 36.2 Å².